The molecule has 0 amide bonds. The molecule has 0 fully saturated rings. The van der Waals surface area contributed by atoms with Crippen molar-refractivity contribution in [1.82, 2.24) is 0 Å². The van der Waals surface area contributed by atoms with Crippen molar-refractivity contribution in [3.05, 3.63) is 48.3 Å². The molecule has 0 spiro atoms. The molecule has 0 saturated heterocycles. The van der Waals surface area contributed by atoms with Gasteiger partial charge in [-0.2, -0.15) is 0 Å². The molecule has 0 aliphatic carbocycles. The van der Waals surface area contributed by atoms with Crippen molar-refractivity contribution < 1.29 is 20.0 Å². The predicted octanol–water partition coefficient (Wildman–Crippen LogP) is 6.03. The molecule has 2 N–H and O–H groups in total. The Morgan fingerprint density at radius 2 is 1.50 bits per heavy atom. The van der Waals surface area contributed by atoms with Gasteiger partial charge in [-0.1, -0.05) is 56.2 Å². The average molecular weight is 336 g/mol. The lowest BCUT2D eigenvalue weighted by Crippen LogP contribution is -1.92. The first kappa shape index (κ1) is 22.2. The van der Waals surface area contributed by atoms with E-state index in [1.807, 2.05) is 12.2 Å². The van der Waals surface area contributed by atoms with Crippen molar-refractivity contribution in [2.75, 3.05) is 0 Å². The van der Waals surface area contributed by atoms with Crippen LogP contribution in [-0.4, -0.2) is 16.3 Å². The summed E-state index contributed by atoms with van der Waals surface area (Å²) in [5, 5.41) is 17.3. The molecule has 0 unspecified atom stereocenters. The Labute approximate surface area is 146 Å². The molecule has 24 heavy (non-hydrogen) atoms. The topological polar surface area (TPSA) is 66.8 Å². The number of unbranched alkanes of at least 4 members (excludes halogenated alkanes) is 3. The van der Waals surface area contributed by atoms with Crippen molar-refractivity contribution in [3.8, 4) is 0 Å². The Hall–Kier alpha value is -1.81. The molecule has 0 saturated carbocycles. The van der Waals surface area contributed by atoms with Gasteiger partial charge in [-0.15, -0.1) is 0 Å². The van der Waals surface area contributed by atoms with Gasteiger partial charge >= 0.3 is 5.97 Å². The van der Waals surface area contributed by atoms with Crippen molar-refractivity contribution in [1.29, 1.82) is 0 Å². The van der Waals surface area contributed by atoms with Gasteiger partial charge in [-0.25, -0.2) is 5.26 Å². The van der Waals surface area contributed by atoms with Gasteiger partial charge in [0.25, 0.3) is 0 Å². The Bertz CT molecular complexity index is 419. The third-order valence-corrected chi connectivity index (χ3v) is 3.43. The van der Waals surface area contributed by atoms with E-state index < -0.39 is 5.97 Å². The highest BCUT2D eigenvalue weighted by atomic mass is 17.1. The van der Waals surface area contributed by atoms with Crippen LogP contribution in [0.3, 0.4) is 0 Å². The molecule has 0 aromatic rings. The fourth-order valence-electron chi connectivity index (χ4n) is 2.06. The predicted molar refractivity (Wildman–Crippen MR) is 98.7 cm³/mol. The van der Waals surface area contributed by atoms with Crippen LogP contribution in [0.25, 0.3) is 0 Å². The van der Waals surface area contributed by atoms with E-state index in [-0.39, 0.29) is 6.42 Å². The first-order valence-corrected chi connectivity index (χ1v) is 8.88. The maximum absolute atomic E-state index is 10.3. The third kappa shape index (κ3) is 16.6. The van der Waals surface area contributed by atoms with Crippen LogP contribution in [0.15, 0.2) is 48.3 Å². The number of hydrogen-bond donors (Lipinski definition) is 2. The second-order valence-electron chi connectivity index (χ2n) is 5.63. The number of carboxylic acid groups (broad SMARTS) is 1. The van der Waals surface area contributed by atoms with E-state index in [4.69, 9.17) is 10.4 Å². The van der Waals surface area contributed by atoms with E-state index in [9.17, 15) is 4.79 Å². The number of rotatable bonds is 15. The van der Waals surface area contributed by atoms with Gasteiger partial charge < -0.3 is 9.99 Å². The molecule has 0 rings (SSSR count). The fourth-order valence-corrected chi connectivity index (χ4v) is 2.06. The molecule has 0 radical (unpaired) electrons. The standard InChI is InChI=1S/C20H32O4/c1-2-3-13-16-19(24-23)17-14-11-9-7-5-4-6-8-10-12-15-18-20(21)22/h4-5,8-11,17,23H,2-3,6-7,12-16,18H2,1H3,(H,21,22)/b5-4-,10-8-,11-9-,19-17-. The first-order chi connectivity index (χ1) is 11.7. The van der Waals surface area contributed by atoms with E-state index >= 15 is 0 Å². The zero-order valence-corrected chi connectivity index (χ0v) is 14.8. The average Bonchev–Trinajstić information content (AvgIpc) is 2.57. The number of carboxylic acids is 1. The van der Waals surface area contributed by atoms with Crippen LogP contribution in [0.1, 0.15) is 71.1 Å². The molecule has 4 nitrogen and oxygen atoms in total. The summed E-state index contributed by atoms with van der Waals surface area (Å²) in [6.45, 7) is 2.15. The van der Waals surface area contributed by atoms with Crippen LogP contribution in [-0.2, 0) is 9.68 Å². The van der Waals surface area contributed by atoms with Crippen LogP contribution in [0, 0.1) is 0 Å². The Morgan fingerprint density at radius 3 is 2.08 bits per heavy atom. The maximum Gasteiger partial charge on any atom is 0.303 e. The van der Waals surface area contributed by atoms with E-state index in [0.717, 1.165) is 51.4 Å². The Kier molecular flexibility index (Phi) is 16.2. The highest BCUT2D eigenvalue weighted by Gasteiger charge is 1.96. The van der Waals surface area contributed by atoms with Gasteiger partial charge in [0, 0.05) is 12.8 Å². The molecular formula is C20H32O4. The van der Waals surface area contributed by atoms with Gasteiger partial charge in [0.15, 0.2) is 0 Å². The summed E-state index contributed by atoms with van der Waals surface area (Å²) >= 11 is 0. The van der Waals surface area contributed by atoms with E-state index in [2.05, 4.69) is 42.2 Å². The summed E-state index contributed by atoms with van der Waals surface area (Å²) < 4.78 is 0. The largest absolute Gasteiger partial charge is 0.481 e. The molecular weight excluding hydrogens is 304 g/mol. The van der Waals surface area contributed by atoms with Crippen LogP contribution >= 0.6 is 0 Å². The van der Waals surface area contributed by atoms with Crippen LogP contribution in [0.5, 0.6) is 0 Å². The number of carbonyl (C=O) groups is 1. The number of allylic oxidation sites excluding steroid dienone is 8. The molecule has 0 atom stereocenters. The smallest absolute Gasteiger partial charge is 0.303 e. The van der Waals surface area contributed by atoms with Gasteiger partial charge in [0.2, 0.25) is 0 Å². The lowest BCUT2D eigenvalue weighted by Gasteiger charge is -2.01. The summed E-state index contributed by atoms with van der Waals surface area (Å²) in [7, 11) is 0. The van der Waals surface area contributed by atoms with Gasteiger partial charge in [-0.3, -0.25) is 4.79 Å². The minimum atomic E-state index is -0.733. The lowest BCUT2D eigenvalue weighted by molar-refractivity contribution is -0.206. The summed E-state index contributed by atoms with van der Waals surface area (Å²) in [5.74, 6) is -0.0831. The SMILES string of the molecule is CCCCC/C(=C/C/C=C\C/C=C\C/C=C\CCCC(=O)O)OO. The zero-order chi connectivity index (χ0) is 17.9. The Morgan fingerprint density at radius 1 is 0.875 bits per heavy atom. The van der Waals surface area contributed by atoms with Crippen LogP contribution < -0.4 is 0 Å². The van der Waals surface area contributed by atoms with E-state index in [1.165, 1.54) is 0 Å². The molecule has 136 valence electrons. The summed E-state index contributed by atoms with van der Waals surface area (Å²) in [6.07, 6.45) is 22.8. The summed E-state index contributed by atoms with van der Waals surface area (Å²) in [5.41, 5.74) is 0. The first-order valence-electron chi connectivity index (χ1n) is 8.88. The van der Waals surface area contributed by atoms with Crippen molar-refractivity contribution >= 4 is 5.97 Å². The van der Waals surface area contributed by atoms with E-state index in [0.29, 0.717) is 12.2 Å². The minimum Gasteiger partial charge on any atom is -0.481 e. The highest BCUT2D eigenvalue weighted by molar-refractivity contribution is 5.66. The van der Waals surface area contributed by atoms with Gasteiger partial charge in [0.1, 0.15) is 5.76 Å². The quantitative estimate of drug-likeness (QED) is 0.126. The lowest BCUT2D eigenvalue weighted by atomic mass is 10.1. The molecule has 0 aliphatic heterocycles. The molecule has 0 bridgehead atoms. The van der Waals surface area contributed by atoms with Crippen LogP contribution in [0.4, 0.5) is 0 Å². The molecule has 4 heteroatoms. The summed E-state index contributed by atoms with van der Waals surface area (Å²) in [6, 6.07) is 0. The molecule has 0 aromatic carbocycles. The van der Waals surface area contributed by atoms with Crippen molar-refractivity contribution in [2.45, 2.75) is 71.1 Å². The summed E-state index contributed by atoms with van der Waals surface area (Å²) in [4.78, 5) is 14.7. The van der Waals surface area contributed by atoms with Crippen LogP contribution in [0.2, 0.25) is 0 Å². The second kappa shape index (κ2) is 17.5. The third-order valence-electron chi connectivity index (χ3n) is 3.43. The fraction of sp³-hybridized carbons (Fsp3) is 0.550. The van der Waals surface area contributed by atoms with Crippen molar-refractivity contribution in [3.63, 3.8) is 0 Å². The monoisotopic (exact) mass is 336 g/mol. The number of hydrogen-bond acceptors (Lipinski definition) is 3. The second-order valence-corrected chi connectivity index (χ2v) is 5.63. The molecule has 0 heterocycles. The van der Waals surface area contributed by atoms with Crippen molar-refractivity contribution in [2.24, 2.45) is 0 Å². The number of aliphatic carboxylic acids is 1. The molecule has 0 aliphatic rings. The zero-order valence-electron chi connectivity index (χ0n) is 14.8. The van der Waals surface area contributed by atoms with Gasteiger partial charge in [0.05, 0.1) is 0 Å². The van der Waals surface area contributed by atoms with Gasteiger partial charge in [-0.05, 0) is 44.6 Å². The Balaban J connectivity index is 3.69. The minimum absolute atomic E-state index is 0.237. The maximum atomic E-state index is 10.3. The van der Waals surface area contributed by atoms with E-state index in [1.54, 1.807) is 0 Å². The normalized spacial score (nSPS) is 12.7. The highest BCUT2D eigenvalue weighted by Crippen LogP contribution is 2.10. The molecule has 0 aromatic heterocycles.